The molecular weight excluding hydrogens is 254 g/mol. The van der Waals surface area contributed by atoms with Gasteiger partial charge in [0.2, 0.25) is 0 Å². The number of carboxylic acid groups (broad SMARTS) is 1. The van der Waals surface area contributed by atoms with Crippen LogP contribution in [-0.4, -0.2) is 21.8 Å². The molecule has 0 saturated heterocycles. The van der Waals surface area contributed by atoms with Gasteiger partial charge in [0, 0.05) is 0 Å². The average molecular weight is 271 g/mol. The fourth-order valence-electron chi connectivity index (χ4n) is 2.45. The SMILES string of the molecule is C[C@@](O)(/C=C/c1cccc(C(=O)O)c1)C1(C#N)CCC1. The lowest BCUT2D eigenvalue weighted by Crippen LogP contribution is -2.48. The van der Waals surface area contributed by atoms with Crippen LogP contribution in [0.2, 0.25) is 0 Å². The minimum atomic E-state index is -1.21. The van der Waals surface area contributed by atoms with Crippen LogP contribution in [0.15, 0.2) is 30.3 Å². The van der Waals surface area contributed by atoms with Crippen LogP contribution in [0.3, 0.4) is 0 Å². The number of hydrogen-bond donors (Lipinski definition) is 2. The number of carboxylic acids is 1. The smallest absolute Gasteiger partial charge is 0.335 e. The van der Waals surface area contributed by atoms with Crippen LogP contribution in [0.4, 0.5) is 0 Å². The molecule has 0 aliphatic heterocycles. The third kappa shape index (κ3) is 2.45. The van der Waals surface area contributed by atoms with E-state index in [4.69, 9.17) is 5.11 Å². The summed E-state index contributed by atoms with van der Waals surface area (Å²) in [5, 5.41) is 28.7. The maximum Gasteiger partial charge on any atom is 0.335 e. The highest BCUT2D eigenvalue weighted by molar-refractivity contribution is 5.88. The van der Waals surface area contributed by atoms with Gasteiger partial charge in [-0.05, 0) is 37.5 Å². The van der Waals surface area contributed by atoms with E-state index in [0.29, 0.717) is 18.4 Å². The number of benzene rings is 1. The molecule has 1 aliphatic rings. The Bertz CT molecular complexity index is 592. The third-order valence-corrected chi connectivity index (χ3v) is 4.12. The average Bonchev–Trinajstić information content (AvgIpc) is 2.36. The lowest BCUT2D eigenvalue weighted by molar-refractivity contribution is -0.0408. The van der Waals surface area contributed by atoms with Crippen molar-refractivity contribution in [2.24, 2.45) is 5.41 Å². The van der Waals surface area contributed by atoms with E-state index in [-0.39, 0.29) is 5.56 Å². The molecular formula is C16H17NO3. The number of rotatable bonds is 4. The lowest BCUT2D eigenvalue weighted by Gasteiger charge is -2.45. The fraction of sp³-hybridized carbons (Fsp3) is 0.375. The number of aromatic carboxylic acids is 1. The number of aliphatic hydroxyl groups is 1. The largest absolute Gasteiger partial charge is 0.478 e. The molecule has 0 bridgehead atoms. The van der Waals surface area contributed by atoms with E-state index in [9.17, 15) is 15.2 Å². The summed E-state index contributed by atoms with van der Waals surface area (Å²) >= 11 is 0. The zero-order valence-electron chi connectivity index (χ0n) is 11.3. The van der Waals surface area contributed by atoms with Crippen LogP contribution in [0, 0.1) is 16.7 Å². The predicted molar refractivity (Wildman–Crippen MR) is 75.0 cm³/mol. The summed E-state index contributed by atoms with van der Waals surface area (Å²) in [7, 11) is 0. The van der Waals surface area contributed by atoms with E-state index in [2.05, 4.69) is 6.07 Å². The minimum absolute atomic E-state index is 0.199. The Morgan fingerprint density at radius 2 is 2.20 bits per heavy atom. The first kappa shape index (κ1) is 14.3. The van der Waals surface area contributed by atoms with Gasteiger partial charge in [-0.2, -0.15) is 5.26 Å². The third-order valence-electron chi connectivity index (χ3n) is 4.12. The van der Waals surface area contributed by atoms with Gasteiger partial charge in [-0.25, -0.2) is 4.79 Å². The van der Waals surface area contributed by atoms with E-state index in [1.807, 2.05) is 0 Å². The van der Waals surface area contributed by atoms with Gasteiger partial charge in [0.1, 0.15) is 0 Å². The molecule has 1 fully saturated rings. The summed E-state index contributed by atoms with van der Waals surface area (Å²) in [6.07, 6.45) is 5.60. The Balaban J connectivity index is 2.23. The molecule has 4 nitrogen and oxygen atoms in total. The first-order chi connectivity index (χ1) is 9.40. The number of carbonyl (C=O) groups is 1. The molecule has 0 radical (unpaired) electrons. The maximum absolute atomic E-state index is 10.9. The second-order valence-electron chi connectivity index (χ2n) is 5.46. The summed E-state index contributed by atoms with van der Waals surface area (Å²) in [5.41, 5.74) is -1.03. The molecule has 2 N–H and O–H groups in total. The topological polar surface area (TPSA) is 81.3 Å². The maximum atomic E-state index is 10.9. The van der Waals surface area contributed by atoms with Crippen LogP contribution < -0.4 is 0 Å². The fourth-order valence-corrected chi connectivity index (χ4v) is 2.45. The van der Waals surface area contributed by atoms with Gasteiger partial charge in [0.05, 0.1) is 22.6 Å². The molecule has 1 aliphatic carbocycles. The van der Waals surface area contributed by atoms with E-state index in [1.165, 1.54) is 12.1 Å². The van der Waals surface area contributed by atoms with Crippen LogP contribution in [0.25, 0.3) is 6.08 Å². The molecule has 0 heterocycles. The van der Waals surface area contributed by atoms with Crippen molar-refractivity contribution in [3.63, 3.8) is 0 Å². The van der Waals surface area contributed by atoms with Crippen LogP contribution in [0.5, 0.6) is 0 Å². The van der Waals surface area contributed by atoms with Gasteiger partial charge in [0.15, 0.2) is 0 Å². The predicted octanol–water partition coefficient (Wildman–Crippen LogP) is 2.84. The van der Waals surface area contributed by atoms with E-state index in [0.717, 1.165) is 6.42 Å². The molecule has 0 spiro atoms. The molecule has 1 atom stereocenters. The van der Waals surface area contributed by atoms with Crippen molar-refractivity contribution in [1.29, 1.82) is 5.26 Å². The van der Waals surface area contributed by atoms with Crippen LogP contribution >= 0.6 is 0 Å². The summed E-state index contributed by atoms with van der Waals surface area (Å²) in [4.78, 5) is 10.9. The van der Waals surface area contributed by atoms with Gasteiger partial charge >= 0.3 is 5.97 Å². The quantitative estimate of drug-likeness (QED) is 0.882. The van der Waals surface area contributed by atoms with Crippen LogP contribution in [-0.2, 0) is 0 Å². The highest BCUT2D eigenvalue weighted by Crippen LogP contribution is 2.49. The van der Waals surface area contributed by atoms with Crippen molar-refractivity contribution in [2.45, 2.75) is 31.8 Å². The standard InChI is InChI=1S/C16H17NO3/c1-15(20,16(11-17)7-3-8-16)9-6-12-4-2-5-13(10-12)14(18)19/h2,4-6,9-10,20H,3,7-8H2,1H3,(H,18,19)/b9-6+/t15-/m1/s1. The van der Waals surface area contributed by atoms with Crippen molar-refractivity contribution in [3.8, 4) is 6.07 Å². The van der Waals surface area contributed by atoms with E-state index >= 15 is 0 Å². The summed E-state index contributed by atoms with van der Waals surface area (Å²) < 4.78 is 0. The minimum Gasteiger partial charge on any atom is -0.478 e. The summed E-state index contributed by atoms with van der Waals surface area (Å²) in [6.45, 7) is 1.63. The van der Waals surface area contributed by atoms with Gasteiger partial charge < -0.3 is 10.2 Å². The first-order valence-corrected chi connectivity index (χ1v) is 6.56. The van der Waals surface area contributed by atoms with Gasteiger partial charge in [-0.1, -0.05) is 30.7 Å². The number of nitrogens with zero attached hydrogens (tertiary/aromatic N) is 1. The van der Waals surface area contributed by atoms with Crippen molar-refractivity contribution < 1.29 is 15.0 Å². The zero-order valence-corrected chi connectivity index (χ0v) is 11.3. The Morgan fingerprint density at radius 3 is 2.70 bits per heavy atom. The second-order valence-corrected chi connectivity index (χ2v) is 5.46. The van der Waals surface area contributed by atoms with Gasteiger partial charge in [-0.15, -0.1) is 0 Å². The van der Waals surface area contributed by atoms with E-state index < -0.39 is 17.0 Å². The number of hydrogen-bond acceptors (Lipinski definition) is 3. The Morgan fingerprint density at radius 1 is 1.50 bits per heavy atom. The van der Waals surface area contributed by atoms with Crippen LogP contribution in [0.1, 0.15) is 42.1 Å². The Labute approximate surface area is 118 Å². The van der Waals surface area contributed by atoms with E-state index in [1.54, 1.807) is 31.2 Å². The highest BCUT2D eigenvalue weighted by atomic mass is 16.4. The summed E-state index contributed by atoms with van der Waals surface area (Å²) in [6, 6.07) is 8.69. The molecule has 1 aromatic carbocycles. The Hall–Kier alpha value is -2.12. The molecule has 0 aromatic heterocycles. The molecule has 20 heavy (non-hydrogen) atoms. The number of nitriles is 1. The molecule has 104 valence electrons. The molecule has 1 saturated carbocycles. The van der Waals surface area contributed by atoms with Crippen molar-refractivity contribution >= 4 is 12.0 Å². The monoisotopic (exact) mass is 271 g/mol. The first-order valence-electron chi connectivity index (χ1n) is 6.56. The summed E-state index contributed by atoms with van der Waals surface area (Å²) in [5.74, 6) is -0.987. The van der Waals surface area contributed by atoms with Gasteiger partial charge in [-0.3, -0.25) is 0 Å². The Kier molecular flexibility index (Phi) is 3.65. The van der Waals surface area contributed by atoms with Crippen molar-refractivity contribution in [1.82, 2.24) is 0 Å². The highest BCUT2D eigenvalue weighted by Gasteiger charge is 2.50. The lowest BCUT2D eigenvalue weighted by atomic mass is 9.60. The normalized spacial score (nSPS) is 19.9. The van der Waals surface area contributed by atoms with Crippen molar-refractivity contribution in [3.05, 3.63) is 41.5 Å². The van der Waals surface area contributed by atoms with Crippen molar-refractivity contribution in [2.75, 3.05) is 0 Å². The molecule has 2 rings (SSSR count). The second kappa shape index (κ2) is 5.10. The molecule has 0 amide bonds. The zero-order chi connectivity index (χ0) is 14.8. The molecule has 1 aromatic rings. The van der Waals surface area contributed by atoms with Gasteiger partial charge in [0.25, 0.3) is 0 Å². The molecule has 4 heteroatoms. The molecule has 0 unspecified atom stereocenters.